The maximum Gasteiger partial charge on any atom is 0.453 e. The maximum absolute atomic E-state index is 9.73. The molecule has 0 spiro atoms. The van der Waals surface area contributed by atoms with Gasteiger partial charge in [-0.05, 0) is 27.8 Å². The number of fused-ring (bicyclic) bond motifs is 2. The van der Waals surface area contributed by atoms with Gasteiger partial charge in [-0.25, -0.2) is 0 Å². The van der Waals surface area contributed by atoms with Gasteiger partial charge in [-0.15, -0.1) is 5.10 Å². The third-order valence-corrected chi connectivity index (χ3v) is 4.10. The molecule has 0 amide bonds. The highest BCUT2D eigenvalue weighted by molar-refractivity contribution is 5.86. The van der Waals surface area contributed by atoms with E-state index in [0.717, 1.165) is 28.6 Å². The van der Waals surface area contributed by atoms with Gasteiger partial charge in [0.25, 0.3) is 0 Å². The first-order valence-electron chi connectivity index (χ1n) is 9.75. The summed E-state index contributed by atoms with van der Waals surface area (Å²) in [6.07, 6.45) is 1.08. The average Bonchev–Trinajstić information content (AvgIpc) is 3.32. The highest BCUT2D eigenvalue weighted by atomic mass is 16.6. The van der Waals surface area contributed by atoms with Crippen LogP contribution in [0.5, 0.6) is 11.5 Å². The van der Waals surface area contributed by atoms with Gasteiger partial charge in [0.15, 0.2) is 11.5 Å². The number of ether oxygens (including phenoxy) is 5. The monoisotopic (exact) mass is 432 g/mol. The van der Waals surface area contributed by atoms with Crippen molar-refractivity contribution in [2.45, 2.75) is 0 Å². The van der Waals surface area contributed by atoms with E-state index in [1.807, 2.05) is 24.3 Å². The molecule has 0 saturated carbocycles. The Morgan fingerprint density at radius 1 is 0.806 bits per heavy atom. The number of nitrogens with one attached hydrogen (secondary N) is 1. The molecule has 0 saturated heterocycles. The molecule has 3 aromatic rings. The van der Waals surface area contributed by atoms with Gasteiger partial charge in [-0.3, -0.25) is 0 Å². The van der Waals surface area contributed by atoms with Gasteiger partial charge < -0.3 is 33.8 Å². The van der Waals surface area contributed by atoms with E-state index in [0.29, 0.717) is 52.9 Å². The largest absolute Gasteiger partial charge is 0.487 e. The van der Waals surface area contributed by atoms with Crippen LogP contribution < -0.4 is 9.47 Å². The molecule has 11 nitrogen and oxygen atoms in total. The van der Waals surface area contributed by atoms with Crippen LogP contribution in [0.2, 0.25) is 0 Å². The van der Waals surface area contributed by atoms with Crippen molar-refractivity contribution in [3.63, 3.8) is 0 Å². The summed E-state index contributed by atoms with van der Waals surface area (Å²) in [5.41, 5.74) is 0. The minimum atomic E-state index is -0.646. The SMILES string of the molecule is O=[N+]([O-])c1ncn[nH]1.c1ccc2cc3c(cc2c1)OCCOCCOCCOCCO3. The minimum Gasteiger partial charge on any atom is -0.487 e. The van der Waals surface area contributed by atoms with E-state index in [1.54, 1.807) is 0 Å². The molecule has 11 heteroatoms. The molecule has 2 heterocycles. The third kappa shape index (κ3) is 7.48. The van der Waals surface area contributed by atoms with Crippen LogP contribution >= 0.6 is 0 Å². The first kappa shape index (κ1) is 22.4. The zero-order valence-corrected chi connectivity index (χ0v) is 16.9. The molecular weight excluding hydrogens is 408 g/mol. The van der Waals surface area contributed by atoms with Crippen LogP contribution in [0.3, 0.4) is 0 Å². The first-order chi connectivity index (χ1) is 15.2. The summed E-state index contributed by atoms with van der Waals surface area (Å²) in [5.74, 6) is 1.14. The molecule has 4 rings (SSSR count). The summed E-state index contributed by atoms with van der Waals surface area (Å²) in [4.78, 5) is 12.3. The zero-order valence-electron chi connectivity index (χ0n) is 16.9. The fraction of sp³-hybridized carbons (Fsp3) is 0.400. The summed E-state index contributed by atoms with van der Waals surface area (Å²) in [6, 6.07) is 12.2. The highest BCUT2D eigenvalue weighted by Gasteiger charge is 2.08. The molecular formula is C20H24N4O7. The second kappa shape index (κ2) is 12.4. The Morgan fingerprint density at radius 2 is 1.29 bits per heavy atom. The molecule has 0 unspecified atom stereocenters. The van der Waals surface area contributed by atoms with Gasteiger partial charge in [-0.1, -0.05) is 34.3 Å². The van der Waals surface area contributed by atoms with Crippen LogP contribution in [0.15, 0.2) is 42.7 Å². The van der Waals surface area contributed by atoms with E-state index < -0.39 is 4.92 Å². The molecule has 1 aliphatic heterocycles. The molecule has 0 aliphatic carbocycles. The number of hydrogen-bond acceptors (Lipinski definition) is 9. The van der Waals surface area contributed by atoms with Gasteiger partial charge in [0.05, 0.1) is 39.6 Å². The number of benzene rings is 2. The minimum absolute atomic E-state index is 0.329. The number of rotatable bonds is 1. The topological polar surface area (TPSA) is 131 Å². The quantitative estimate of drug-likeness (QED) is 0.455. The van der Waals surface area contributed by atoms with Crippen molar-refractivity contribution in [2.75, 3.05) is 52.9 Å². The second-order valence-electron chi connectivity index (χ2n) is 6.25. The van der Waals surface area contributed by atoms with E-state index in [2.05, 4.69) is 27.3 Å². The van der Waals surface area contributed by atoms with Crippen molar-refractivity contribution in [1.29, 1.82) is 0 Å². The molecule has 0 fully saturated rings. The van der Waals surface area contributed by atoms with Crippen LogP contribution in [-0.4, -0.2) is 73.0 Å². The molecule has 0 bridgehead atoms. The van der Waals surface area contributed by atoms with Crippen LogP contribution in [0.25, 0.3) is 10.8 Å². The number of aromatic nitrogens is 3. The first-order valence-corrected chi connectivity index (χ1v) is 9.75. The van der Waals surface area contributed by atoms with Gasteiger partial charge in [-0.2, -0.15) is 0 Å². The predicted molar refractivity (Wildman–Crippen MR) is 110 cm³/mol. The van der Waals surface area contributed by atoms with Crippen molar-refractivity contribution in [3.8, 4) is 11.5 Å². The fourth-order valence-electron chi connectivity index (χ4n) is 2.67. The molecule has 1 N–H and O–H groups in total. The van der Waals surface area contributed by atoms with Gasteiger partial charge in [0.1, 0.15) is 13.2 Å². The number of nitro groups is 1. The lowest BCUT2D eigenvalue weighted by Crippen LogP contribution is -2.13. The predicted octanol–water partition coefficient (Wildman–Crippen LogP) is 2.37. The summed E-state index contributed by atoms with van der Waals surface area (Å²) < 4.78 is 28.0. The number of aromatic amines is 1. The lowest BCUT2D eigenvalue weighted by molar-refractivity contribution is -0.394. The lowest BCUT2D eigenvalue weighted by Gasteiger charge is -2.14. The second-order valence-corrected chi connectivity index (χ2v) is 6.25. The van der Waals surface area contributed by atoms with Crippen molar-refractivity contribution < 1.29 is 28.6 Å². The molecule has 0 atom stereocenters. The van der Waals surface area contributed by atoms with Crippen LogP contribution in [0.1, 0.15) is 0 Å². The van der Waals surface area contributed by atoms with Crippen LogP contribution in [0, 0.1) is 10.1 Å². The molecule has 1 aliphatic rings. The van der Waals surface area contributed by atoms with Gasteiger partial charge in [0.2, 0.25) is 6.33 Å². The van der Waals surface area contributed by atoms with E-state index in [4.69, 9.17) is 23.7 Å². The maximum atomic E-state index is 9.73. The molecule has 31 heavy (non-hydrogen) atoms. The van der Waals surface area contributed by atoms with E-state index in [9.17, 15) is 10.1 Å². The molecule has 0 radical (unpaired) electrons. The number of H-pyrrole nitrogens is 1. The Labute approximate surface area is 178 Å². The average molecular weight is 432 g/mol. The summed E-state index contributed by atoms with van der Waals surface area (Å²) >= 11 is 0. The Morgan fingerprint density at radius 3 is 1.68 bits per heavy atom. The van der Waals surface area contributed by atoms with Crippen molar-refractivity contribution in [3.05, 3.63) is 52.8 Å². The van der Waals surface area contributed by atoms with E-state index in [-0.39, 0.29) is 5.95 Å². The van der Waals surface area contributed by atoms with Crippen LogP contribution in [-0.2, 0) is 14.2 Å². The third-order valence-electron chi connectivity index (χ3n) is 4.10. The van der Waals surface area contributed by atoms with E-state index in [1.165, 1.54) is 0 Å². The van der Waals surface area contributed by atoms with Crippen molar-refractivity contribution >= 4 is 16.7 Å². The fourth-order valence-corrected chi connectivity index (χ4v) is 2.67. The van der Waals surface area contributed by atoms with Gasteiger partial charge in [0, 0.05) is 0 Å². The summed E-state index contributed by atoms with van der Waals surface area (Å²) in [7, 11) is 0. The smallest absolute Gasteiger partial charge is 0.453 e. The molecule has 1 aromatic heterocycles. The lowest BCUT2D eigenvalue weighted by atomic mass is 10.1. The molecule has 166 valence electrons. The Bertz CT molecular complexity index is 884. The summed E-state index contributed by atoms with van der Waals surface area (Å²) in [5, 5.41) is 17.3. The van der Waals surface area contributed by atoms with Gasteiger partial charge >= 0.3 is 5.95 Å². The Kier molecular flexibility index (Phi) is 8.98. The number of hydrogen-bond donors (Lipinski definition) is 1. The standard InChI is InChI=1S/C18H22O5.C2H2N4O2/c1-2-4-16-14-18-17(13-15(16)3-1)22-11-9-20-7-5-19-6-8-21-10-12-23-18;7-6(8)2-3-1-4-5-2/h1-4,13-14H,5-12H2;1H,(H,3,4,5). The highest BCUT2D eigenvalue weighted by Crippen LogP contribution is 2.32. The van der Waals surface area contributed by atoms with E-state index >= 15 is 0 Å². The summed E-state index contributed by atoms with van der Waals surface area (Å²) in [6.45, 7) is 4.26. The Hall–Kier alpha value is -3.28. The zero-order chi connectivity index (χ0) is 21.7. The van der Waals surface area contributed by atoms with Crippen LogP contribution in [0.4, 0.5) is 5.95 Å². The Balaban J connectivity index is 0.000000287. The number of nitrogens with zero attached hydrogens (tertiary/aromatic N) is 3. The normalized spacial score (nSPS) is 15.7. The van der Waals surface area contributed by atoms with Crippen molar-refractivity contribution in [1.82, 2.24) is 15.2 Å². The van der Waals surface area contributed by atoms with Crippen molar-refractivity contribution in [2.24, 2.45) is 0 Å². The molecule has 2 aromatic carbocycles.